The molecule has 0 saturated heterocycles. The molecule has 0 unspecified atom stereocenters. The number of carbonyl (C=O) groups excluding carboxylic acids is 2. The smallest absolute Gasteiger partial charge is 0.253 e. The van der Waals surface area contributed by atoms with Crippen LogP contribution in [0.1, 0.15) is 49.3 Å². The van der Waals surface area contributed by atoms with Gasteiger partial charge in [0, 0.05) is 42.8 Å². The first-order valence-electron chi connectivity index (χ1n) is 17.0. The highest BCUT2D eigenvalue weighted by Crippen LogP contribution is 2.33. The van der Waals surface area contributed by atoms with Gasteiger partial charge in [-0.25, -0.2) is 0 Å². The second-order valence-electron chi connectivity index (χ2n) is 11.7. The zero-order chi connectivity index (χ0) is 38.7. The van der Waals surface area contributed by atoms with Gasteiger partial charge in [-0.3, -0.25) is 9.59 Å². The maximum Gasteiger partial charge on any atom is 0.253 e. The van der Waals surface area contributed by atoms with E-state index in [0.29, 0.717) is 11.3 Å². The largest absolute Gasteiger partial charge is 0.357 e. The molecular weight excluding hydrogens is 747 g/mol. The fraction of sp³-hybridized carbons (Fsp3) is 0.163. The van der Waals surface area contributed by atoms with E-state index in [1.165, 1.54) is 32.0 Å². The number of thioether (sulfide) groups is 4. The Hall–Kier alpha value is -4.68. The van der Waals surface area contributed by atoms with Gasteiger partial charge in [0.2, 0.25) is 5.78 Å². The summed E-state index contributed by atoms with van der Waals surface area (Å²) >= 11 is 6.79. The molecule has 11 heteroatoms. The van der Waals surface area contributed by atoms with Crippen molar-refractivity contribution in [3.8, 4) is 0 Å². The van der Waals surface area contributed by atoms with Crippen LogP contribution >= 0.6 is 47.0 Å². The van der Waals surface area contributed by atoms with Crippen LogP contribution in [-0.4, -0.2) is 75.6 Å². The average Bonchev–Trinajstić information content (AvgIpc) is 4.08. The Morgan fingerprint density at radius 1 is 0.500 bits per heavy atom. The van der Waals surface area contributed by atoms with Crippen molar-refractivity contribution >= 4 is 58.7 Å². The highest BCUT2D eigenvalue weighted by Gasteiger charge is 2.20. The van der Waals surface area contributed by atoms with E-state index in [1.54, 1.807) is 66.0 Å². The summed E-state index contributed by atoms with van der Waals surface area (Å²) in [5.41, 5.74) is 5.83. The molecule has 7 nitrogen and oxygen atoms in total. The van der Waals surface area contributed by atoms with Crippen molar-refractivity contribution in [2.24, 2.45) is 0 Å². The summed E-state index contributed by atoms with van der Waals surface area (Å²) in [4.78, 5) is 37.9. The number of nitrogens with one attached hydrogen (secondary N) is 4. The second kappa shape index (κ2) is 22.5. The number of nitrogens with zero attached hydrogens (tertiary/aromatic N) is 1. The molecule has 0 atom stereocenters. The van der Waals surface area contributed by atoms with Crippen LogP contribution in [0.3, 0.4) is 0 Å². The number of hydrogen-bond acceptors (Lipinski definition) is 6. The number of amides is 1. The zero-order valence-electron chi connectivity index (χ0n) is 31.3. The van der Waals surface area contributed by atoms with Gasteiger partial charge in [0.05, 0.1) is 31.7 Å². The normalized spacial score (nSPS) is 10.3. The predicted molar refractivity (Wildman–Crippen MR) is 232 cm³/mol. The van der Waals surface area contributed by atoms with Crippen LogP contribution < -0.4 is 0 Å². The second-order valence-corrected chi connectivity index (χ2v) is 15.1. The lowest BCUT2D eigenvalue weighted by Crippen LogP contribution is -2.21. The van der Waals surface area contributed by atoms with E-state index >= 15 is 0 Å². The third-order valence-electron chi connectivity index (χ3n) is 7.93. The van der Waals surface area contributed by atoms with E-state index in [2.05, 4.69) is 87.0 Å². The molecule has 0 radical (unpaired) electrons. The van der Waals surface area contributed by atoms with E-state index < -0.39 is 0 Å². The molecule has 280 valence electrons. The van der Waals surface area contributed by atoms with E-state index in [4.69, 9.17) is 0 Å². The molecule has 0 fully saturated rings. The number of aromatic nitrogens is 4. The quantitative estimate of drug-likeness (QED) is 0.0813. The lowest BCUT2D eigenvalue weighted by molar-refractivity contribution is 0.0827. The standard InChI is InChI=1S/C17H18N2S2.C12H11NOS.C9H11NO.C5H7NS/c1-20-15-10-8-13(18-15)17(12-6-4-3-5-7-12)14-9-11-16(19-14)21-2;1-15-11-8-7-10(13-11)12(14)9-5-3-2-4-6-9;1-10(2)9(11)8-6-4-3-5-7-8;1-7-5-3-2-4-6-5/h3-11,17-19H,1-2H3;2-8,13H,1H3;3-7H,1-2H3;2-4,6H,1H3. The Morgan fingerprint density at radius 3 is 1.37 bits per heavy atom. The van der Waals surface area contributed by atoms with Gasteiger partial charge in [-0.15, -0.1) is 47.0 Å². The molecule has 0 saturated carbocycles. The highest BCUT2D eigenvalue weighted by molar-refractivity contribution is 7.99. The summed E-state index contributed by atoms with van der Waals surface area (Å²) in [7, 11) is 3.49. The molecule has 4 aromatic heterocycles. The number of aromatic amines is 4. The first-order valence-corrected chi connectivity index (χ1v) is 21.9. The molecule has 4 N–H and O–H groups in total. The first kappa shape index (κ1) is 42.1. The minimum atomic E-state index is 0.0379. The summed E-state index contributed by atoms with van der Waals surface area (Å²) in [6, 6.07) is 45.6. The Kier molecular flexibility index (Phi) is 17.5. The van der Waals surface area contributed by atoms with Gasteiger partial charge in [0.1, 0.15) is 0 Å². The van der Waals surface area contributed by atoms with Crippen LogP contribution in [0.2, 0.25) is 0 Å². The molecule has 1 amide bonds. The van der Waals surface area contributed by atoms with E-state index in [0.717, 1.165) is 10.6 Å². The van der Waals surface area contributed by atoms with E-state index in [-0.39, 0.29) is 17.6 Å². The Balaban J connectivity index is 0.000000172. The minimum Gasteiger partial charge on any atom is -0.357 e. The van der Waals surface area contributed by atoms with E-state index in [1.807, 2.05) is 104 Å². The zero-order valence-corrected chi connectivity index (χ0v) is 34.6. The summed E-state index contributed by atoms with van der Waals surface area (Å²) in [6.45, 7) is 0. The number of rotatable bonds is 10. The van der Waals surface area contributed by atoms with Gasteiger partial charge < -0.3 is 24.8 Å². The molecule has 7 rings (SSSR count). The molecule has 4 heterocycles. The van der Waals surface area contributed by atoms with Gasteiger partial charge >= 0.3 is 0 Å². The van der Waals surface area contributed by atoms with Crippen molar-refractivity contribution in [1.82, 2.24) is 24.8 Å². The van der Waals surface area contributed by atoms with Crippen molar-refractivity contribution in [2.45, 2.75) is 26.0 Å². The Morgan fingerprint density at radius 2 is 0.963 bits per heavy atom. The molecule has 0 aliphatic carbocycles. The van der Waals surface area contributed by atoms with E-state index in [9.17, 15) is 9.59 Å². The predicted octanol–water partition coefficient (Wildman–Crippen LogP) is 11.1. The van der Waals surface area contributed by atoms with Crippen molar-refractivity contribution in [3.05, 3.63) is 179 Å². The highest BCUT2D eigenvalue weighted by atomic mass is 32.2. The molecule has 0 bridgehead atoms. The first-order chi connectivity index (χ1) is 26.3. The van der Waals surface area contributed by atoms with Gasteiger partial charge in [-0.1, -0.05) is 78.9 Å². The minimum absolute atomic E-state index is 0.0379. The molecule has 3 aromatic carbocycles. The third kappa shape index (κ3) is 12.7. The maximum absolute atomic E-state index is 11.9. The monoisotopic (exact) mass is 793 g/mol. The van der Waals surface area contributed by atoms with Crippen molar-refractivity contribution < 1.29 is 9.59 Å². The topological polar surface area (TPSA) is 101 Å². The molecule has 0 spiro atoms. The fourth-order valence-electron chi connectivity index (χ4n) is 5.18. The molecule has 0 aliphatic heterocycles. The number of ketones is 1. The van der Waals surface area contributed by atoms with Gasteiger partial charge in [0.25, 0.3) is 5.91 Å². The maximum atomic E-state index is 11.9. The third-order valence-corrected chi connectivity index (χ3v) is 10.7. The Labute approximate surface area is 335 Å². The van der Waals surface area contributed by atoms with Crippen LogP contribution in [-0.2, 0) is 0 Å². The van der Waals surface area contributed by atoms with Crippen LogP contribution in [0.25, 0.3) is 0 Å². The lowest BCUT2D eigenvalue weighted by atomic mass is 9.93. The molecule has 7 aromatic rings. The molecular formula is C43H47N5O2S4. The lowest BCUT2D eigenvalue weighted by Gasteiger charge is -2.15. The number of hydrogen-bond donors (Lipinski definition) is 4. The van der Waals surface area contributed by atoms with Crippen LogP contribution in [0.4, 0.5) is 0 Å². The van der Waals surface area contributed by atoms with Crippen molar-refractivity contribution in [2.75, 3.05) is 39.1 Å². The summed E-state index contributed by atoms with van der Waals surface area (Å²) in [5, 5.41) is 4.62. The van der Waals surface area contributed by atoms with Gasteiger partial charge in [0.15, 0.2) is 0 Å². The Bertz CT molecular complexity index is 2050. The van der Waals surface area contributed by atoms with Crippen LogP contribution in [0, 0.1) is 0 Å². The number of H-pyrrole nitrogens is 4. The SMILES string of the molecule is CN(C)C(=O)c1ccccc1.CSc1ccc(C(=O)c2ccccc2)[nH]1.CSc1ccc(C(c2ccccc2)c2ccc(SC)[nH]2)[nH]1.CSc1ccc[nH]1. The van der Waals surface area contributed by atoms with Gasteiger partial charge in [-0.05, 0) is 91.3 Å². The van der Waals surface area contributed by atoms with Crippen LogP contribution in [0.15, 0.2) is 166 Å². The number of benzene rings is 3. The summed E-state index contributed by atoms with van der Waals surface area (Å²) in [6.07, 6.45) is 10.1. The summed E-state index contributed by atoms with van der Waals surface area (Å²) < 4.78 is 0. The number of carbonyl (C=O) groups is 2. The van der Waals surface area contributed by atoms with Crippen LogP contribution in [0.5, 0.6) is 0 Å². The van der Waals surface area contributed by atoms with Crippen molar-refractivity contribution in [3.63, 3.8) is 0 Å². The summed E-state index contributed by atoms with van der Waals surface area (Å²) in [5.74, 6) is 0.300. The van der Waals surface area contributed by atoms with Gasteiger partial charge in [-0.2, -0.15) is 0 Å². The molecule has 0 aliphatic rings. The fourth-order valence-corrected chi connectivity index (χ4v) is 6.85. The average molecular weight is 794 g/mol. The van der Waals surface area contributed by atoms with Crippen molar-refractivity contribution in [1.29, 1.82) is 0 Å². The molecule has 54 heavy (non-hydrogen) atoms.